The number of rotatable bonds is 9. The Morgan fingerprint density at radius 3 is 2.65 bits per heavy atom. The third kappa shape index (κ3) is 6.26. The van der Waals surface area contributed by atoms with E-state index in [1.807, 2.05) is 24.3 Å². The average molecular weight is 375 g/mol. The molecule has 2 unspecified atom stereocenters. The highest BCUT2D eigenvalue weighted by Crippen LogP contribution is 2.24. The highest BCUT2D eigenvalue weighted by molar-refractivity contribution is 8.15. The van der Waals surface area contributed by atoms with Gasteiger partial charge in [0, 0.05) is 0 Å². The SMILES string of the molecule is CCC(/C=C\C(C)CCOc1ccc(CC2SC(=O)NC2=O)cc1)=C/N. The molecule has 0 aromatic heterocycles. The van der Waals surface area contributed by atoms with Gasteiger partial charge >= 0.3 is 0 Å². The summed E-state index contributed by atoms with van der Waals surface area (Å²) in [4.78, 5) is 22.8. The Bertz CT molecular complexity index is 683. The molecular weight excluding hydrogens is 348 g/mol. The van der Waals surface area contributed by atoms with Crippen molar-refractivity contribution >= 4 is 22.9 Å². The molecule has 1 aliphatic heterocycles. The second-order valence-corrected chi connectivity index (χ2v) is 7.48. The Balaban J connectivity index is 1.75. The van der Waals surface area contributed by atoms with Crippen LogP contribution < -0.4 is 15.8 Å². The van der Waals surface area contributed by atoms with Gasteiger partial charge in [0.05, 0.1) is 11.9 Å². The van der Waals surface area contributed by atoms with Crippen molar-refractivity contribution in [3.8, 4) is 5.75 Å². The lowest BCUT2D eigenvalue weighted by Gasteiger charge is -2.10. The fourth-order valence-electron chi connectivity index (χ4n) is 2.50. The number of nitrogens with one attached hydrogen (secondary N) is 1. The molecule has 0 spiro atoms. The van der Waals surface area contributed by atoms with Crippen LogP contribution in [0.4, 0.5) is 4.79 Å². The second-order valence-electron chi connectivity index (χ2n) is 6.30. The summed E-state index contributed by atoms with van der Waals surface area (Å²) in [7, 11) is 0. The van der Waals surface area contributed by atoms with E-state index in [0.717, 1.165) is 41.5 Å². The van der Waals surface area contributed by atoms with Crippen molar-refractivity contribution < 1.29 is 14.3 Å². The van der Waals surface area contributed by atoms with E-state index in [4.69, 9.17) is 10.5 Å². The maximum atomic E-state index is 11.6. The van der Waals surface area contributed by atoms with Crippen molar-refractivity contribution in [2.45, 2.75) is 38.4 Å². The normalized spacial score (nSPS) is 19.0. The molecule has 6 heteroatoms. The first-order valence-electron chi connectivity index (χ1n) is 8.84. The number of allylic oxidation sites excluding steroid dienone is 3. The minimum absolute atomic E-state index is 0.210. The molecule has 1 aromatic carbocycles. The van der Waals surface area contributed by atoms with Gasteiger partial charge in [-0.3, -0.25) is 14.9 Å². The van der Waals surface area contributed by atoms with Gasteiger partial charge in [0.15, 0.2) is 0 Å². The molecule has 26 heavy (non-hydrogen) atoms. The van der Waals surface area contributed by atoms with E-state index in [0.29, 0.717) is 18.9 Å². The summed E-state index contributed by atoms with van der Waals surface area (Å²) in [6, 6.07) is 7.69. The molecule has 1 heterocycles. The number of benzene rings is 1. The molecule has 1 fully saturated rings. The highest BCUT2D eigenvalue weighted by Gasteiger charge is 2.31. The molecular formula is C20H26N2O3S. The number of hydrogen-bond acceptors (Lipinski definition) is 5. The minimum atomic E-state index is -0.336. The summed E-state index contributed by atoms with van der Waals surface area (Å²) in [5, 5.41) is 1.70. The second kappa shape index (κ2) is 10.1. The lowest BCUT2D eigenvalue weighted by atomic mass is 10.1. The number of amides is 2. The van der Waals surface area contributed by atoms with Crippen LogP contribution in [0.3, 0.4) is 0 Å². The first-order valence-corrected chi connectivity index (χ1v) is 9.72. The first kappa shape index (κ1) is 20.1. The zero-order chi connectivity index (χ0) is 18.9. The molecule has 1 aliphatic rings. The predicted molar refractivity (Wildman–Crippen MR) is 106 cm³/mol. The topological polar surface area (TPSA) is 81.4 Å². The van der Waals surface area contributed by atoms with Gasteiger partial charge in [-0.15, -0.1) is 0 Å². The van der Waals surface area contributed by atoms with Crippen molar-refractivity contribution in [1.29, 1.82) is 0 Å². The van der Waals surface area contributed by atoms with Crippen LogP contribution in [0.25, 0.3) is 0 Å². The Labute approximate surface area is 159 Å². The maximum Gasteiger partial charge on any atom is 0.286 e. The van der Waals surface area contributed by atoms with E-state index in [2.05, 4.69) is 31.3 Å². The Kier molecular flexibility index (Phi) is 7.78. The smallest absolute Gasteiger partial charge is 0.286 e. The van der Waals surface area contributed by atoms with Crippen LogP contribution >= 0.6 is 11.8 Å². The van der Waals surface area contributed by atoms with Crippen molar-refractivity contribution in [3.63, 3.8) is 0 Å². The van der Waals surface area contributed by atoms with Crippen molar-refractivity contribution in [2.75, 3.05) is 6.61 Å². The van der Waals surface area contributed by atoms with Crippen LogP contribution in [0, 0.1) is 5.92 Å². The van der Waals surface area contributed by atoms with Gasteiger partial charge in [-0.2, -0.15) is 0 Å². The Morgan fingerprint density at radius 2 is 2.08 bits per heavy atom. The average Bonchev–Trinajstić information content (AvgIpc) is 2.94. The predicted octanol–water partition coefficient (Wildman–Crippen LogP) is 3.79. The van der Waals surface area contributed by atoms with Crippen molar-refractivity contribution in [2.24, 2.45) is 11.7 Å². The largest absolute Gasteiger partial charge is 0.494 e. The molecule has 0 saturated carbocycles. The van der Waals surface area contributed by atoms with E-state index >= 15 is 0 Å². The summed E-state index contributed by atoms with van der Waals surface area (Å²) in [5.41, 5.74) is 7.69. The number of imide groups is 1. The zero-order valence-corrected chi connectivity index (χ0v) is 16.1. The molecule has 0 radical (unpaired) electrons. The monoisotopic (exact) mass is 374 g/mol. The summed E-state index contributed by atoms with van der Waals surface area (Å²) < 4.78 is 5.79. The lowest BCUT2D eigenvalue weighted by Crippen LogP contribution is -2.25. The third-order valence-corrected chi connectivity index (χ3v) is 5.20. The lowest BCUT2D eigenvalue weighted by molar-refractivity contribution is -0.118. The number of nitrogens with two attached hydrogens (primary N) is 1. The molecule has 1 aromatic rings. The van der Waals surface area contributed by atoms with Crippen LogP contribution in [-0.4, -0.2) is 23.0 Å². The molecule has 5 nitrogen and oxygen atoms in total. The summed E-state index contributed by atoms with van der Waals surface area (Å²) in [6.07, 6.45) is 8.25. The standard InChI is InChI=1S/C20H26N2O3S/c1-3-15(13-21)5-4-14(2)10-11-25-17-8-6-16(7-9-17)12-18-19(23)22-20(24)26-18/h4-9,13-14,18H,3,10-12,21H2,1-2H3,(H,22,23,24)/b5-4-,15-13-. The number of carbonyl (C=O) groups excluding carboxylic acids is 2. The Hall–Kier alpha value is -2.21. The third-order valence-electron chi connectivity index (χ3n) is 4.21. The van der Waals surface area contributed by atoms with Gasteiger partial charge in [0.2, 0.25) is 5.91 Å². The van der Waals surface area contributed by atoms with Gasteiger partial charge < -0.3 is 10.5 Å². The fourth-order valence-corrected chi connectivity index (χ4v) is 3.36. The van der Waals surface area contributed by atoms with Gasteiger partial charge in [0.25, 0.3) is 5.24 Å². The van der Waals surface area contributed by atoms with E-state index < -0.39 is 0 Å². The highest BCUT2D eigenvalue weighted by atomic mass is 32.2. The number of thioether (sulfide) groups is 1. The Morgan fingerprint density at radius 1 is 1.35 bits per heavy atom. The number of carbonyl (C=O) groups is 2. The zero-order valence-electron chi connectivity index (χ0n) is 15.2. The quantitative estimate of drug-likeness (QED) is 0.643. The van der Waals surface area contributed by atoms with Crippen LogP contribution in [0.1, 0.15) is 32.3 Å². The molecule has 2 atom stereocenters. The molecule has 1 saturated heterocycles. The molecule has 140 valence electrons. The van der Waals surface area contributed by atoms with E-state index in [1.54, 1.807) is 6.20 Å². The van der Waals surface area contributed by atoms with Crippen LogP contribution in [0.15, 0.2) is 48.2 Å². The molecule has 3 N–H and O–H groups in total. The van der Waals surface area contributed by atoms with E-state index in [-0.39, 0.29) is 16.4 Å². The van der Waals surface area contributed by atoms with Gasteiger partial charge in [-0.1, -0.05) is 49.9 Å². The maximum absolute atomic E-state index is 11.6. The van der Waals surface area contributed by atoms with Crippen LogP contribution in [0.2, 0.25) is 0 Å². The van der Waals surface area contributed by atoms with Crippen LogP contribution in [0.5, 0.6) is 5.75 Å². The van der Waals surface area contributed by atoms with Gasteiger partial charge in [-0.25, -0.2) is 0 Å². The van der Waals surface area contributed by atoms with Gasteiger partial charge in [0.1, 0.15) is 5.75 Å². The minimum Gasteiger partial charge on any atom is -0.494 e. The fraction of sp³-hybridized carbons (Fsp3) is 0.400. The summed E-state index contributed by atoms with van der Waals surface area (Å²) >= 11 is 1.05. The van der Waals surface area contributed by atoms with Crippen LogP contribution in [-0.2, 0) is 11.2 Å². The number of ether oxygens (including phenoxy) is 1. The van der Waals surface area contributed by atoms with Crippen molar-refractivity contribution in [1.82, 2.24) is 5.32 Å². The summed E-state index contributed by atoms with van der Waals surface area (Å²) in [6.45, 7) is 4.86. The molecule has 2 rings (SSSR count). The first-order chi connectivity index (χ1) is 12.5. The molecule has 0 aliphatic carbocycles. The van der Waals surface area contributed by atoms with E-state index in [9.17, 15) is 9.59 Å². The molecule has 0 bridgehead atoms. The van der Waals surface area contributed by atoms with E-state index in [1.165, 1.54) is 0 Å². The van der Waals surface area contributed by atoms with Gasteiger partial charge in [-0.05, 0) is 54.6 Å². The van der Waals surface area contributed by atoms with Crippen molar-refractivity contribution in [3.05, 3.63) is 53.8 Å². The summed E-state index contributed by atoms with van der Waals surface area (Å²) in [5.74, 6) is 1.00. The number of hydrogen-bond donors (Lipinski definition) is 2. The molecule has 2 amide bonds.